The Balaban J connectivity index is 2.14. The molecule has 25 heavy (non-hydrogen) atoms. The normalized spacial score (nSPS) is 30.8. The van der Waals surface area contributed by atoms with Gasteiger partial charge in [-0.2, -0.15) is 0 Å². The van der Waals surface area contributed by atoms with E-state index in [4.69, 9.17) is 4.74 Å². The Morgan fingerprint density at radius 3 is 2.20 bits per heavy atom. The minimum Gasteiger partial charge on any atom is -0.444 e. The van der Waals surface area contributed by atoms with E-state index >= 15 is 0 Å². The van der Waals surface area contributed by atoms with Crippen molar-refractivity contribution in [3.63, 3.8) is 0 Å². The van der Waals surface area contributed by atoms with Crippen molar-refractivity contribution in [3.8, 4) is 0 Å². The first-order valence-electron chi connectivity index (χ1n) is 9.39. The zero-order valence-electron chi connectivity index (χ0n) is 16.7. The van der Waals surface area contributed by atoms with E-state index in [9.17, 15) is 4.79 Å². The van der Waals surface area contributed by atoms with Crippen molar-refractivity contribution in [1.29, 1.82) is 0 Å². The van der Waals surface area contributed by atoms with Gasteiger partial charge in [0.25, 0.3) is 0 Å². The van der Waals surface area contributed by atoms with Gasteiger partial charge in [-0.3, -0.25) is 4.90 Å². The van der Waals surface area contributed by atoms with Crippen molar-refractivity contribution in [2.45, 2.75) is 78.7 Å². The number of hydrogen-bond acceptors (Lipinski definition) is 3. The van der Waals surface area contributed by atoms with Gasteiger partial charge in [-0.05, 0) is 52.0 Å². The molecule has 0 bridgehead atoms. The van der Waals surface area contributed by atoms with Gasteiger partial charge in [0.1, 0.15) is 5.60 Å². The van der Waals surface area contributed by atoms with E-state index in [0.29, 0.717) is 17.9 Å². The van der Waals surface area contributed by atoms with Gasteiger partial charge in [0.05, 0.1) is 6.04 Å². The molecule has 4 nitrogen and oxygen atoms in total. The summed E-state index contributed by atoms with van der Waals surface area (Å²) < 4.78 is 5.48. The Morgan fingerprint density at radius 1 is 1.04 bits per heavy atom. The summed E-state index contributed by atoms with van der Waals surface area (Å²) in [4.78, 5) is 14.8. The summed E-state index contributed by atoms with van der Waals surface area (Å²) in [5.41, 5.74) is 0.826. The molecule has 0 aromatic heterocycles. The molecule has 1 fully saturated rings. The zero-order valence-corrected chi connectivity index (χ0v) is 16.7. The van der Waals surface area contributed by atoms with Crippen LogP contribution in [-0.4, -0.2) is 34.7 Å². The van der Waals surface area contributed by atoms with Crippen molar-refractivity contribution in [1.82, 2.24) is 10.2 Å². The summed E-state index contributed by atoms with van der Waals surface area (Å²) in [5.74, 6) is 0.879. The first kappa shape index (κ1) is 19.8. The Labute approximate surface area is 152 Å². The molecule has 0 radical (unpaired) electrons. The van der Waals surface area contributed by atoms with Crippen LogP contribution in [0, 0.1) is 11.8 Å². The van der Waals surface area contributed by atoms with Gasteiger partial charge < -0.3 is 10.1 Å². The number of amides is 1. The number of carbonyl (C=O) groups excluding carboxylic acids is 1. The monoisotopic (exact) mass is 346 g/mol. The number of benzene rings is 1. The summed E-state index contributed by atoms with van der Waals surface area (Å²) in [7, 11) is 0. The molecule has 1 aromatic carbocycles. The lowest BCUT2D eigenvalue weighted by atomic mass is 9.76. The number of nitrogens with zero attached hydrogens (tertiary/aromatic N) is 1. The van der Waals surface area contributed by atoms with Gasteiger partial charge in [-0.1, -0.05) is 44.2 Å². The summed E-state index contributed by atoms with van der Waals surface area (Å²) >= 11 is 0. The molecule has 140 valence electrons. The predicted octanol–water partition coefficient (Wildman–Crippen LogP) is 4.44. The molecular weight excluding hydrogens is 312 g/mol. The highest BCUT2D eigenvalue weighted by molar-refractivity contribution is 5.68. The van der Waals surface area contributed by atoms with Crippen molar-refractivity contribution in [2.75, 3.05) is 0 Å². The number of carbonyl (C=O) groups is 1. The summed E-state index contributed by atoms with van der Waals surface area (Å²) in [6.45, 7) is 15.6. The van der Waals surface area contributed by atoms with Crippen molar-refractivity contribution < 1.29 is 9.53 Å². The topological polar surface area (TPSA) is 41.6 Å². The molecule has 5 atom stereocenters. The minimum absolute atomic E-state index is 0.0739. The van der Waals surface area contributed by atoms with E-state index in [-0.39, 0.29) is 18.2 Å². The van der Waals surface area contributed by atoms with E-state index in [1.54, 1.807) is 0 Å². The summed E-state index contributed by atoms with van der Waals surface area (Å²) in [5, 5.41) is 3.14. The fraction of sp³-hybridized carbons (Fsp3) is 0.667. The van der Waals surface area contributed by atoms with Crippen LogP contribution < -0.4 is 5.32 Å². The summed E-state index contributed by atoms with van der Waals surface area (Å²) in [6, 6.07) is 11.3. The van der Waals surface area contributed by atoms with Crippen LogP contribution in [0.4, 0.5) is 4.79 Å². The molecule has 0 aliphatic carbocycles. The molecule has 0 spiro atoms. The number of rotatable bonds is 3. The maximum Gasteiger partial charge on any atom is 0.407 e. The van der Waals surface area contributed by atoms with E-state index in [1.807, 2.05) is 26.8 Å². The second-order valence-corrected chi connectivity index (χ2v) is 8.53. The van der Waals surface area contributed by atoms with Crippen molar-refractivity contribution in [3.05, 3.63) is 35.9 Å². The van der Waals surface area contributed by atoms with Gasteiger partial charge in [0.2, 0.25) is 0 Å². The number of likely N-dealkylation sites (tertiary alicyclic amines) is 1. The SMILES string of the molecule is C[C@H]1[C@H](C)[C@@H](C)N(Cc2ccccc2)[C@@H](C)[C@H]1NC(=O)OC(C)(C)C. The van der Waals surface area contributed by atoms with Crippen LogP contribution in [0.15, 0.2) is 30.3 Å². The number of hydrogen-bond donors (Lipinski definition) is 1. The molecular formula is C21H34N2O2. The van der Waals surface area contributed by atoms with Gasteiger partial charge in [-0.15, -0.1) is 0 Å². The molecule has 1 aliphatic heterocycles. The molecule has 1 saturated heterocycles. The molecule has 1 N–H and O–H groups in total. The van der Waals surface area contributed by atoms with Crippen LogP contribution >= 0.6 is 0 Å². The molecule has 1 aromatic rings. The Kier molecular flexibility index (Phi) is 6.15. The lowest BCUT2D eigenvalue weighted by molar-refractivity contribution is -0.0118. The molecule has 1 heterocycles. The van der Waals surface area contributed by atoms with Crippen molar-refractivity contribution >= 4 is 6.09 Å². The van der Waals surface area contributed by atoms with Crippen LogP contribution in [0.1, 0.15) is 54.0 Å². The van der Waals surface area contributed by atoms with E-state index in [2.05, 4.69) is 62.2 Å². The highest BCUT2D eigenvalue weighted by atomic mass is 16.6. The highest BCUT2D eigenvalue weighted by Crippen LogP contribution is 2.34. The summed E-state index contributed by atoms with van der Waals surface area (Å²) in [6.07, 6.45) is -0.322. The van der Waals surface area contributed by atoms with Gasteiger partial charge >= 0.3 is 6.09 Å². The average molecular weight is 347 g/mol. The fourth-order valence-electron chi connectivity index (χ4n) is 3.86. The maximum absolute atomic E-state index is 12.3. The Bertz CT molecular complexity index is 567. The van der Waals surface area contributed by atoms with Crippen LogP contribution in [0.5, 0.6) is 0 Å². The van der Waals surface area contributed by atoms with Gasteiger partial charge in [0, 0.05) is 18.6 Å². The second-order valence-electron chi connectivity index (χ2n) is 8.53. The van der Waals surface area contributed by atoms with Crippen LogP contribution in [0.3, 0.4) is 0 Å². The molecule has 4 heteroatoms. The second kappa shape index (κ2) is 7.77. The lowest BCUT2D eigenvalue weighted by Gasteiger charge is -2.50. The third-order valence-electron chi connectivity index (χ3n) is 5.61. The van der Waals surface area contributed by atoms with E-state index in [1.165, 1.54) is 5.56 Å². The van der Waals surface area contributed by atoms with Gasteiger partial charge in [-0.25, -0.2) is 4.79 Å². The predicted molar refractivity (Wildman–Crippen MR) is 102 cm³/mol. The van der Waals surface area contributed by atoms with E-state index < -0.39 is 5.60 Å². The lowest BCUT2D eigenvalue weighted by Crippen LogP contribution is -2.63. The highest BCUT2D eigenvalue weighted by Gasteiger charge is 2.42. The van der Waals surface area contributed by atoms with E-state index in [0.717, 1.165) is 6.54 Å². The molecule has 0 unspecified atom stereocenters. The van der Waals surface area contributed by atoms with Crippen molar-refractivity contribution in [2.24, 2.45) is 11.8 Å². The van der Waals surface area contributed by atoms with Gasteiger partial charge in [0.15, 0.2) is 0 Å². The maximum atomic E-state index is 12.3. The van der Waals surface area contributed by atoms with Crippen LogP contribution in [-0.2, 0) is 11.3 Å². The Hall–Kier alpha value is -1.55. The number of alkyl carbamates (subject to hydrolysis) is 1. The minimum atomic E-state index is -0.478. The third-order valence-corrected chi connectivity index (χ3v) is 5.61. The zero-order chi connectivity index (χ0) is 18.8. The quantitative estimate of drug-likeness (QED) is 0.879. The largest absolute Gasteiger partial charge is 0.444 e. The number of piperidine rings is 1. The Morgan fingerprint density at radius 2 is 1.64 bits per heavy atom. The molecule has 1 amide bonds. The smallest absolute Gasteiger partial charge is 0.407 e. The molecule has 0 saturated carbocycles. The number of nitrogens with one attached hydrogen (secondary N) is 1. The molecule has 1 aliphatic rings. The van der Waals surface area contributed by atoms with Crippen LogP contribution in [0.2, 0.25) is 0 Å². The fourth-order valence-corrected chi connectivity index (χ4v) is 3.86. The molecule has 2 rings (SSSR count). The first-order chi connectivity index (χ1) is 11.6. The third kappa shape index (κ3) is 4.97. The average Bonchev–Trinajstić information content (AvgIpc) is 2.53. The standard InChI is InChI=1S/C21H34N2O2/c1-14-15(2)19(22-20(24)25-21(5,6)7)17(4)23(16(14)3)13-18-11-9-8-10-12-18/h8-12,14-17,19H,13H2,1-7H3,(H,22,24)/t14-,15-,16+,17-,19-/m0/s1. The number of ether oxygens (including phenoxy) is 1. The van der Waals surface area contributed by atoms with Crippen LogP contribution in [0.25, 0.3) is 0 Å². The first-order valence-corrected chi connectivity index (χ1v) is 9.39.